The van der Waals surface area contributed by atoms with Gasteiger partial charge in [-0.2, -0.15) is 0 Å². The Kier molecular flexibility index (Phi) is 8.64. The number of nitrogens with one attached hydrogen (secondary N) is 1. The molecular weight excluding hydrogens is 434 g/mol. The van der Waals surface area contributed by atoms with Crippen molar-refractivity contribution in [2.45, 2.75) is 107 Å². The van der Waals surface area contributed by atoms with E-state index in [1.165, 1.54) is 42.4 Å². The molecule has 0 aliphatic heterocycles. The second-order valence-corrected chi connectivity index (χ2v) is 11.8. The molecule has 0 spiro atoms. The van der Waals surface area contributed by atoms with Gasteiger partial charge in [-0.3, -0.25) is 10.1 Å². The zero-order valence-corrected chi connectivity index (χ0v) is 20.4. The summed E-state index contributed by atoms with van der Waals surface area (Å²) in [7, 11) is 0. The average molecular weight is 470 g/mol. The number of aromatic nitrogens is 1. The van der Waals surface area contributed by atoms with E-state index in [1.807, 2.05) is 0 Å². The summed E-state index contributed by atoms with van der Waals surface area (Å²) in [5, 5.41) is 12.4. The molecule has 7 nitrogen and oxygen atoms in total. The van der Waals surface area contributed by atoms with Gasteiger partial charge in [-0.1, -0.05) is 30.6 Å². The standard InChI is InChI=1S/C22H35N3O4S2/c1-22(2,3)29-17-11-9-16(10-12-17)25(15-7-5-4-6-8-15)21(28)24-20-23-13-19(31-20)30-14-18(26)27/h13,15-17H,4-12,14H2,1-3H3,(H,26,27)(H,23,24,28)/t16-,17-. The molecule has 2 amide bonds. The van der Waals surface area contributed by atoms with Gasteiger partial charge in [0.1, 0.15) is 0 Å². The van der Waals surface area contributed by atoms with E-state index in [4.69, 9.17) is 9.84 Å². The van der Waals surface area contributed by atoms with Crippen molar-refractivity contribution < 1.29 is 19.4 Å². The highest BCUT2D eigenvalue weighted by Crippen LogP contribution is 2.34. The van der Waals surface area contributed by atoms with Gasteiger partial charge in [0.25, 0.3) is 0 Å². The number of carbonyl (C=O) groups excluding carboxylic acids is 1. The lowest BCUT2D eigenvalue weighted by molar-refractivity contribution is -0.133. The third-order valence-corrected chi connectivity index (χ3v) is 7.89. The Morgan fingerprint density at radius 1 is 1.16 bits per heavy atom. The third kappa shape index (κ3) is 7.64. The van der Waals surface area contributed by atoms with E-state index >= 15 is 0 Å². The van der Waals surface area contributed by atoms with E-state index < -0.39 is 5.97 Å². The maximum atomic E-state index is 13.3. The molecule has 1 aromatic rings. The molecule has 2 N–H and O–H groups in total. The summed E-state index contributed by atoms with van der Waals surface area (Å²) >= 11 is 2.55. The molecule has 2 fully saturated rings. The number of ether oxygens (including phenoxy) is 1. The van der Waals surface area contributed by atoms with Crippen molar-refractivity contribution in [3.05, 3.63) is 6.20 Å². The highest BCUT2D eigenvalue weighted by molar-refractivity contribution is 8.01. The van der Waals surface area contributed by atoms with E-state index in [9.17, 15) is 9.59 Å². The van der Waals surface area contributed by atoms with E-state index in [-0.39, 0.29) is 35.6 Å². The molecule has 1 aromatic heterocycles. The number of rotatable bonds is 7. The van der Waals surface area contributed by atoms with Crippen LogP contribution in [0.2, 0.25) is 0 Å². The number of hydrogen-bond acceptors (Lipinski definition) is 6. The largest absolute Gasteiger partial charge is 0.481 e. The Morgan fingerprint density at radius 2 is 1.81 bits per heavy atom. The minimum Gasteiger partial charge on any atom is -0.481 e. The van der Waals surface area contributed by atoms with Crippen LogP contribution in [0.25, 0.3) is 0 Å². The number of urea groups is 1. The van der Waals surface area contributed by atoms with Gasteiger partial charge < -0.3 is 14.7 Å². The lowest BCUT2D eigenvalue weighted by atomic mass is 9.87. The number of thioether (sulfide) groups is 1. The van der Waals surface area contributed by atoms with Crippen LogP contribution in [-0.2, 0) is 9.53 Å². The molecule has 0 unspecified atom stereocenters. The van der Waals surface area contributed by atoms with Crippen LogP contribution >= 0.6 is 23.1 Å². The molecule has 2 aliphatic rings. The van der Waals surface area contributed by atoms with Crippen LogP contribution in [0, 0.1) is 0 Å². The molecule has 0 saturated heterocycles. The van der Waals surface area contributed by atoms with Gasteiger partial charge >= 0.3 is 12.0 Å². The van der Waals surface area contributed by atoms with Crippen molar-refractivity contribution in [1.82, 2.24) is 9.88 Å². The highest BCUT2D eigenvalue weighted by Gasteiger charge is 2.35. The number of thiazole rings is 1. The van der Waals surface area contributed by atoms with Crippen molar-refractivity contribution in [3.8, 4) is 0 Å². The maximum Gasteiger partial charge on any atom is 0.324 e. The zero-order valence-electron chi connectivity index (χ0n) is 18.8. The average Bonchev–Trinajstić information content (AvgIpc) is 3.15. The number of carbonyl (C=O) groups is 2. The topological polar surface area (TPSA) is 91.8 Å². The Balaban J connectivity index is 1.63. The molecule has 0 aromatic carbocycles. The zero-order chi connectivity index (χ0) is 22.4. The van der Waals surface area contributed by atoms with E-state index in [2.05, 4.69) is 36.0 Å². The fourth-order valence-corrected chi connectivity index (χ4v) is 6.18. The van der Waals surface area contributed by atoms with Crippen molar-refractivity contribution in [1.29, 1.82) is 0 Å². The number of nitrogens with zero attached hydrogens (tertiary/aromatic N) is 2. The minimum absolute atomic E-state index is 0.0103. The molecule has 2 aliphatic carbocycles. The number of carboxylic acids is 1. The van der Waals surface area contributed by atoms with Gasteiger partial charge in [0.05, 0.1) is 27.9 Å². The third-order valence-electron chi connectivity index (χ3n) is 5.80. The van der Waals surface area contributed by atoms with Crippen LogP contribution in [0.4, 0.5) is 9.93 Å². The van der Waals surface area contributed by atoms with E-state index in [0.717, 1.165) is 42.7 Å². The molecule has 2 saturated carbocycles. The predicted octanol–water partition coefficient (Wildman–Crippen LogP) is 5.61. The first-order chi connectivity index (χ1) is 14.7. The lowest BCUT2D eigenvalue weighted by Gasteiger charge is -2.43. The number of anilines is 1. The smallest absolute Gasteiger partial charge is 0.324 e. The monoisotopic (exact) mass is 469 g/mol. The summed E-state index contributed by atoms with van der Waals surface area (Å²) in [6, 6.07) is 0.430. The molecule has 0 atom stereocenters. The quantitative estimate of drug-likeness (QED) is 0.504. The van der Waals surface area contributed by atoms with Gasteiger partial charge in [0, 0.05) is 12.1 Å². The van der Waals surface area contributed by atoms with Crippen molar-refractivity contribution in [2.75, 3.05) is 11.1 Å². The van der Waals surface area contributed by atoms with Gasteiger partial charge in [0.2, 0.25) is 0 Å². The van der Waals surface area contributed by atoms with Gasteiger partial charge in [-0.05, 0) is 59.3 Å². The van der Waals surface area contributed by atoms with Crippen LogP contribution < -0.4 is 5.32 Å². The number of carboxylic acid groups (broad SMARTS) is 1. The van der Waals surface area contributed by atoms with E-state index in [1.54, 1.807) is 6.20 Å². The summed E-state index contributed by atoms with van der Waals surface area (Å²) in [6.45, 7) is 6.29. The van der Waals surface area contributed by atoms with E-state index in [0.29, 0.717) is 5.13 Å². The summed E-state index contributed by atoms with van der Waals surface area (Å²) in [5.74, 6) is -0.873. The van der Waals surface area contributed by atoms with Gasteiger partial charge in [0.15, 0.2) is 5.13 Å². The molecular formula is C22H35N3O4S2. The maximum absolute atomic E-state index is 13.3. The lowest BCUT2D eigenvalue weighted by Crippen LogP contribution is -2.51. The first kappa shape index (κ1) is 24.3. The Labute approximate surface area is 193 Å². The summed E-state index contributed by atoms with van der Waals surface area (Å²) < 4.78 is 6.97. The second-order valence-electron chi connectivity index (χ2n) is 9.46. The van der Waals surface area contributed by atoms with Crippen molar-refractivity contribution in [2.24, 2.45) is 0 Å². The highest BCUT2D eigenvalue weighted by atomic mass is 32.2. The SMILES string of the molecule is CC(C)(C)O[C@H]1CC[C@H](N(C(=O)Nc2ncc(SCC(=O)O)s2)C2CCCCC2)CC1. The van der Waals surface area contributed by atoms with Crippen LogP contribution in [0.3, 0.4) is 0 Å². The van der Waals surface area contributed by atoms with Gasteiger partial charge in [-0.15, -0.1) is 11.8 Å². The second kappa shape index (κ2) is 11.0. The molecule has 1 heterocycles. The predicted molar refractivity (Wildman–Crippen MR) is 125 cm³/mol. The van der Waals surface area contributed by atoms with Gasteiger partial charge in [-0.25, -0.2) is 9.78 Å². The van der Waals surface area contributed by atoms with Crippen molar-refractivity contribution in [3.63, 3.8) is 0 Å². The van der Waals surface area contributed by atoms with Crippen LogP contribution in [0.1, 0.15) is 78.6 Å². The number of aliphatic carboxylic acids is 1. The molecule has 0 bridgehead atoms. The fourth-order valence-electron chi connectivity index (χ4n) is 4.60. The summed E-state index contributed by atoms with van der Waals surface area (Å²) in [6.07, 6.45) is 11.5. The molecule has 3 rings (SSSR count). The number of amides is 2. The Hall–Kier alpha value is -1.32. The summed E-state index contributed by atoms with van der Waals surface area (Å²) in [4.78, 5) is 30.5. The van der Waals surface area contributed by atoms with Crippen LogP contribution in [0.5, 0.6) is 0 Å². The molecule has 0 radical (unpaired) electrons. The number of hydrogen-bond donors (Lipinski definition) is 2. The Bertz CT molecular complexity index is 735. The van der Waals surface area contributed by atoms with Crippen LogP contribution in [0.15, 0.2) is 10.4 Å². The minimum atomic E-state index is -0.862. The van der Waals surface area contributed by atoms with Crippen molar-refractivity contribution >= 4 is 40.2 Å². The fraction of sp³-hybridized carbons (Fsp3) is 0.773. The Morgan fingerprint density at radius 3 is 2.42 bits per heavy atom. The summed E-state index contributed by atoms with van der Waals surface area (Å²) in [5.41, 5.74) is -0.140. The normalized spacial score (nSPS) is 22.8. The molecule has 9 heteroatoms. The first-order valence-corrected chi connectivity index (χ1v) is 13.1. The van der Waals surface area contributed by atoms with Crippen LogP contribution in [-0.4, -0.2) is 56.5 Å². The first-order valence-electron chi connectivity index (χ1n) is 11.3. The molecule has 174 valence electrons. The molecule has 31 heavy (non-hydrogen) atoms.